The summed E-state index contributed by atoms with van der Waals surface area (Å²) in [6.45, 7) is 3.58. The maximum absolute atomic E-state index is 13.4. The van der Waals surface area contributed by atoms with Crippen molar-refractivity contribution in [3.05, 3.63) is 65.2 Å². The number of amides is 1. The molecule has 170 valence electrons. The maximum Gasteiger partial charge on any atom is 0.295 e. The molecule has 1 heterocycles. The number of nitrogens with zero attached hydrogens (tertiary/aromatic N) is 1. The Balaban J connectivity index is 2.10. The Morgan fingerprint density at radius 2 is 1.81 bits per heavy atom. The van der Waals surface area contributed by atoms with E-state index in [9.17, 15) is 14.7 Å². The molecule has 1 aliphatic heterocycles. The number of Topliss-reactive ketones (excluding diaryl/α,β-unsaturated/α-hetero) is 1. The number of benzene rings is 2. The molecule has 0 spiro atoms. The highest BCUT2D eigenvalue weighted by Gasteiger charge is 2.44. The highest BCUT2D eigenvalue weighted by atomic mass is 16.5. The van der Waals surface area contributed by atoms with E-state index in [-0.39, 0.29) is 5.57 Å². The minimum Gasteiger partial charge on any atom is -0.872 e. The highest BCUT2D eigenvalue weighted by molar-refractivity contribution is 6.46. The number of ether oxygens (including phenoxy) is 2. The van der Waals surface area contributed by atoms with Crippen LogP contribution in [0.15, 0.2) is 54.1 Å². The Bertz CT molecular complexity index is 998. The molecule has 2 aromatic carbocycles. The lowest BCUT2D eigenvalue weighted by molar-refractivity contribution is -0.857. The number of methoxy groups -OCH3 is 1. The molecule has 1 amide bonds. The van der Waals surface area contributed by atoms with Gasteiger partial charge >= 0.3 is 0 Å². The first-order chi connectivity index (χ1) is 15.4. The van der Waals surface area contributed by atoms with Crippen LogP contribution in [0.1, 0.15) is 30.5 Å². The van der Waals surface area contributed by atoms with Gasteiger partial charge in [0, 0.05) is 5.57 Å². The van der Waals surface area contributed by atoms with Crippen LogP contribution in [0.2, 0.25) is 0 Å². The quantitative estimate of drug-likeness (QED) is 0.357. The molecule has 1 saturated heterocycles. The molecule has 0 saturated carbocycles. The first-order valence-corrected chi connectivity index (χ1v) is 10.8. The molecular formula is C25H30N2O5. The normalized spacial score (nSPS) is 17.8. The van der Waals surface area contributed by atoms with Crippen molar-refractivity contribution in [1.29, 1.82) is 0 Å². The topological polar surface area (TPSA) is 83.3 Å². The number of quaternary nitrogens is 1. The number of hydrogen-bond acceptors (Lipinski definition) is 5. The Kier molecular flexibility index (Phi) is 7.53. The van der Waals surface area contributed by atoms with Crippen LogP contribution >= 0.6 is 0 Å². The van der Waals surface area contributed by atoms with Crippen LogP contribution in [0.3, 0.4) is 0 Å². The summed E-state index contributed by atoms with van der Waals surface area (Å²) in [5.41, 5.74) is 0.996. The SMILES string of the molecule is CCCOc1cccc(C2C(=C([O-])c3ccc(OC)cc3)C(=O)C(=O)N2CC[NH+](C)C)c1. The predicted molar refractivity (Wildman–Crippen MR) is 119 cm³/mol. The zero-order chi connectivity index (χ0) is 23.3. The molecule has 0 radical (unpaired) electrons. The van der Waals surface area contributed by atoms with E-state index < -0.39 is 23.5 Å². The van der Waals surface area contributed by atoms with E-state index in [1.165, 1.54) is 4.90 Å². The van der Waals surface area contributed by atoms with Crippen LogP contribution in [0.25, 0.3) is 5.76 Å². The summed E-state index contributed by atoms with van der Waals surface area (Å²) in [7, 11) is 5.49. The van der Waals surface area contributed by atoms with Crippen molar-refractivity contribution >= 4 is 17.4 Å². The summed E-state index contributed by atoms with van der Waals surface area (Å²) in [5.74, 6) is -0.591. The average Bonchev–Trinajstić information content (AvgIpc) is 3.06. The number of nitrogens with one attached hydrogen (secondary N) is 1. The van der Waals surface area contributed by atoms with Gasteiger partial charge in [0.25, 0.3) is 5.91 Å². The largest absolute Gasteiger partial charge is 0.872 e. The van der Waals surface area contributed by atoms with Crippen LogP contribution in [0.5, 0.6) is 11.5 Å². The molecule has 1 fully saturated rings. The number of rotatable bonds is 9. The summed E-state index contributed by atoms with van der Waals surface area (Å²) in [5, 5.41) is 13.4. The average molecular weight is 439 g/mol. The van der Waals surface area contributed by atoms with Crippen LogP contribution in [0, 0.1) is 0 Å². The van der Waals surface area contributed by atoms with Crippen molar-refractivity contribution in [3.8, 4) is 11.5 Å². The number of carbonyl (C=O) groups is 2. The monoisotopic (exact) mass is 438 g/mol. The first-order valence-electron chi connectivity index (χ1n) is 10.8. The van der Waals surface area contributed by atoms with Gasteiger partial charge in [-0.25, -0.2) is 0 Å². The molecule has 7 nitrogen and oxygen atoms in total. The van der Waals surface area contributed by atoms with Gasteiger partial charge in [-0.1, -0.05) is 36.9 Å². The summed E-state index contributed by atoms with van der Waals surface area (Å²) in [4.78, 5) is 28.6. The lowest BCUT2D eigenvalue weighted by Crippen LogP contribution is -3.06. The fraction of sp³-hybridized carbons (Fsp3) is 0.360. The maximum atomic E-state index is 13.4. The lowest BCUT2D eigenvalue weighted by Gasteiger charge is -2.28. The van der Waals surface area contributed by atoms with Crippen molar-refractivity contribution in [2.45, 2.75) is 19.4 Å². The third kappa shape index (κ3) is 4.94. The Morgan fingerprint density at radius 1 is 1.09 bits per heavy atom. The van der Waals surface area contributed by atoms with Gasteiger partial charge < -0.3 is 24.4 Å². The number of likely N-dealkylation sites (N-methyl/N-ethyl adjacent to an activating group) is 1. The van der Waals surface area contributed by atoms with Crippen molar-refractivity contribution in [2.24, 2.45) is 0 Å². The second-order valence-electron chi connectivity index (χ2n) is 8.08. The van der Waals surface area contributed by atoms with Gasteiger partial charge in [0.05, 0.1) is 46.9 Å². The Morgan fingerprint density at radius 3 is 2.44 bits per heavy atom. The minimum absolute atomic E-state index is 0.0263. The van der Waals surface area contributed by atoms with E-state index in [1.54, 1.807) is 31.4 Å². The minimum atomic E-state index is -0.755. The van der Waals surface area contributed by atoms with Crippen LogP contribution < -0.4 is 19.5 Å². The van der Waals surface area contributed by atoms with Crippen molar-refractivity contribution in [1.82, 2.24) is 4.90 Å². The van der Waals surface area contributed by atoms with Gasteiger partial charge in [0.15, 0.2) is 0 Å². The predicted octanol–water partition coefficient (Wildman–Crippen LogP) is 0.853. The van der Waals surface area contributed by atoms with E-state index in [4.69, 9.17) is 9.47 Å². The van der Waals surface area contributed by atoms with E-state index in [0.717, 1.165) is 11.3 Å². The van der Waals surface area contributed by atoms with Gasteiger partial charge in [-0.05, 0) is 41.8 Å². The third-order valence-corrected chi connectivity index (χ3v) is 5.38. The van der Waals surface area contributed by atoms with E-state index in [0.29, 0.717) is 42.3 Å². The fourth-order valence-corrected chi connectivity index (χ4v) is 3.68. The van der Waals surface area contributed by atoms with Gasteiger partial charge in [-0.15, -0.1) is 0 Å². The smallest absolute Gasteiger partial charge is 0.295 e. The highest BCUT2D eigenvalue weighted by Crippen LogP contribution is 2.39. The second kappa shape index (κ2) is 10.3. The Hall–Kier alpha value is -3.32. The molecule has 0 aromatic heterocycles. The van der Waals surface area contributed by atoms with Gasteiger partial charge in [0.2, 0.25) is 5.78 Å². The first kappa shape index (κ1) is 23.3. The molecule has 1 unspecified atom stereocenters. The molecule has 0 aliphatic carbocycles. The Labute approximate surface area is 188 Å². The number of likely N-dealkylation sites (tertiary alicyclic amines) is 1. The van der Waals surface area contributed by atoms with Crippen molar-refractivity contribution in [2.75, 3.05) is 40.9 Å². The summed E-state index contributed by atoms with van der Waals surface area (Å²) in [6, 6.07) is 13.1. The molecule has 7 heteroatoms. The van der Waals surface area contributed by atoms with Crippen LogP contribution in [0.4, 0.5) is 0 Å². The van der Waals surface area contributed by atoms with Crippen molar-refractivity contribution < 1.29 is 29.1 Å². The molecule has 0 bridgehead atoms. The van der Waals surface area contributed by atoms with Crippen LogP contribution in [-0.2, 0) is 9.59 Å². The molecule has 32 heavy (non-hydrogen) atoms. The molecule has 3 rings (SSSR count). The summed E-state index contributed by atoms with van der Waals surface area (Å²) >= 11 is 0. The number of hydrogen-bond donors (Lipinski definition) is 1. The molecular weight excluding hydrogens is 408 g/mol. The van der Waals surface area contributed by atoms with E-state index >= 15 is 0 Å². The summed E-state index contributed by atoms with van der Waals surface area (Å²) < 4.78 is 10.9. The van der Waals surface area contributed by atoms with Crippen molar-refractivity contribution in [3.63, 3.8) is 0 Å². The third-order valence-electron chi connectivity index (χ3n) is 5.38. The molecule has 1 N–H and O–H groups in total. The number of carbonyl (C=O) groups excluding carboxylic acids is 2. The second-order valence-corrected chi connectivity index (χ2v) is 8.08. The fourth-order valence-electron chi connectivity index (χ4n) is 3.68. The standard InChI is InChI=1S/C25H30N2O5/c1-5-15-32-20-8-6-7-18(16-20)22-21(23(28)17-9-11-19(31-4)12-10-17)24(29)25(30)27(22)14-13-26(2)3/h6-12,16,22,28H,5,13-15H2,1-4H3. The molecule has 2 aromatic rings. The molecule has 1 atom stereocenters. The zero-order valence-electron chi connectivity index (χ0n) is 19.0. The zero-order valence-corrected chi connectivity index (χ0v) is 19.0. The summed E-state index contributed by atoms with van der Waals surface area (Å²) in [6.07, 6.45) is 0.857. The van der Waals surface area contributed by atoms with Gasteiger partial charge in [0.1, 0.15) is 11.5 Å². The van der Waals surface area contributed by atoms with Gasteiger partial charge in [-0.3, -0.25) is 9.59 Å². The molecule has 1 aliphatic rings. The number of ketones is 1. The van der Waals surface area contributed by atoms with E-state index in [2.05, 4.69) is 0 Å². The van der Waals surface area contributed by atoms with E-state index in [1.807, 2.05) is 45.3 Å². The lowest BCUT2D eigenvalue weighted by atomic mass is 9.95. The van der Waals surface area contributed by atoms with Crippen LogP contribution in [-0.4, -0.2) is 57.5 Å². The van der Waals surface area contributed by atoms with Gasteiger partial charge in [-0.2, -0.15) is 0 Å².